The number of nitrogens with one attached hydrogen (secondary N) is 1. The van der Waals surface area contributed by atoms with Crippen molar-refractivity contribution >= 4 is 16.7 Å². The molecule has 4 rings (SSSR count). The van der Waals surface area contributed by atoms with Crippen LogP contribution in [0.15, 0.2) is 48.5 Å². The van der Waals surface area contributed by atoms with Gasteiger partial charge in [0.1, 0.15) is 5.75 Å². The Bertz CT molecular complexity index is 1020. The molecule has 1 amide bonds. The summed E-state index contributed by atoms with van der Waals surface area (Å²) in [5.74, 6) is 0.466. The normalized spacial score (nSPS) is 13.6. The second-order valence-electron chi connectivity index (χ2n) is 6.12. The summed E-state index contributed by atoms with van der Waals surface area (Å²) in [7, 11) is 1.55. The SMILES string of the molecule is COc1ccc2cc3c(c(-c4ccc(C(F)(F)F)cc4)c2c1)CNC3=O. The Labute approximate surface area is 147 Å². The second kappa shape index (κ2) is 5.76. The molecule has 0 aliphatic carbocycles. The standard InChI is InChI=1S/C20H14F3NO2/c1-26-14-7-4-12-8-16-17(10-24-19(16)25)18(15(12)9-14)11-2-5-13(6-3-11)20(21,22)23/h2-9H,10H2,1H3,(H,24,25). The minimum atomic E-state index is -4.39. The summed E-state index contributed by atoms with van der Waals surface area (Å²) < 4.78 is 43.9. The van der Waals surface area contributed by atoms with Gasteiger partial charge in [-0.15, -0.1) is 0 Å². The lowest BCUT2D eigenvalue weighted by Gasteiger charge is -2.14. The Morgan fingerprint density at radius 1 is 1.04 bits per heavy atom. The number of benzene rings is 3. The molecule has 0 saturated heterocycles. The Hall–Kier alpha value is -3.02. The maximum absolute atomic E-state index is 12.9. The lowest BCUT2D eigenvalue weighted by molar-refractivity contribution is -0.137. The van der Waals surface area contributed by atoms with Gasteiger partial charge in [-0.3, -0.25) is 4.79 Å². The molecule has 1 N–H and O–H groups in total. The number of rotatable bonds is 2. The van der Waals surface area contributed by atoms with E-state index in [1.807, 2.05) is 12.1 Å². The fraction of sp³-hybridized carbons (Fsp3) is 0.150. The average Bonchev–Trinajstić information content (AvgIpc) is 2.99. The van der Waals surface area contributed by atoms with E-state index in [9.17, 15) is 18.0 Å². The van der Waals surface area contributed by atoms with E-state index in [1.165, 1.54) is 12.1 Å². The van der Waals surface area contributed by atoms with E-state index in [0.29, 0.717) is 23.4 Å². The van der Waals surface area contributed by atoms with Gasteiger partial charge in [0.15, 0.2) is 0 Å². The van der Waals surface area contributed by atoms with Crippen molar-refractivity contribution < 1.29 is 22.7 Å². The first-order valence-electron chi connectivity index (χ1n) is 7.98. The van der Waals surface area contributed by atoms with E-state index in [-0.39, 0.29) is 5.91 Å². The highest BCUT2D eigenvalue weighted by Crippen LogP contribution is 2.39. The largest absolute Gasteiger partial charge is 0.497 e. The molecule has 3 aromatic carbocycles. The van der Waals surface area contributed by atoms with E-state index < -0.39 is 11.7 Å². The van der Waals surface area contributed by atoms with Gasteiger partial charge in [0, 0.05) is 12.1 Å². The summed E-state index contributed by atoms with van der Waals surface area (Å²) in [6, 6.07) is 12.3. The van der Waals surface area contributed by atoms with Crippen LogP contribution in [0.1, 0.15) is 21.5 Å². The Morgan fingerprint density at radius 2 is 1.77 bits per heavy atom. The van der Waals surface area contributed by atoms with Crippen LogP contribution >= 0.6 is 0 Å². The third kappa shape index (κ3) is 2.58. The van der Waals surface area contributed by atoms with Crippen molar-refractivity contribution in [3.8, 4) is 16.9 Å². The summed E-state index contributed by atoms with van der Waals surface area (Å²) in [5, 5.41) is 4.45. The fourth-order valence-electron chi connectivity index (χ4n) is 3.35. The van der Waals surface area contributed by atoms with Crippen LogP contribution in [-0.2, 0) is 12.7 Å². The molecule has 6 heteroatoms. The highest BCUT2D eigenvalue weighted by molar-refractivity contribution is 6.09. The zero-order valence-corrected chi connectivity index (χ0v) is 13.8. The molecule has 0 spiro atoms. The van der Waals surface area contributed by atoms with Gasteiger partial charge in [-0.2, -0.15) is 13.2 Å². The van der Waals surface area contributed by atoms with E-state index in [1.54, 1.807) is 19.2 Å². The quantitative estimate of drug-likeness (QED) is 0.717. The molecular weight excluding hydrogens is 343 g/mol. The number of amides is 1. The number of hydrogen-bond acceptors (Lipinski definition) is 2. The van der Waals surface area contributed by atoms with Gasteiger partial charge in [0.2, 0.25) is 0 Å². The molecule has 0 atom stereocenters. The second-order valence-corrected chi connectivity index (χ2v) is 6.12. The summed E-state index contributed by atoms with van der Waals surface area (Å²) in [6.45, 7) is 0.345. The van der Waals surface area contributed by atoms with Crippen LogP contribution < -0.4 is 10.1 Å². The third-order valence-corrected chi connectivity index (χ3v) is 4.63. The summed E-state index contributed by atoms with van der Waals surface area (Å²) in [4.78, 5) is 12.1. The van der Waals surface area contributed by atoms with Crippen LogP contribution in [0.5, 0.6) is 5.75 Å². The number of alkyl halides is 3. The number of ether oxygens (including phenoxy) is 1. The van der Waals surface area contributed by atoms with Gasteiger partial charge in [-0.25, -0.2) is 0 Å². The maximum Gasteiger partial charge on any atom is 0.416 e. The van der Waals surface area contributed by atoms with Crippen LogP contribution in [0.3, 0.4) is 0 Å². The van der Waals surface area contributed by atoms with E-state index in [2.05, 4.69) is 5.32 Å². The number of hydrogen-bond donors (Lipinski definition) is 1. The van der Waals surface area contributed by atoms with Gasteiger partial charge >= 0.3 is 6.18 Å². The number of carbonyl (C=O) groups excluding carboxylic acids is 1. The summed E-state index contributed by atoms with van der Waals surface area (Å²) in [6.07, 6.45) is -4.39. The van der Waals surface area contributed by atoms with Crippen LogP contribution in [0.4, 0.5) is 13.2 Å². The number of halogens is 3. The van der Waals surface area contributed by atoms with Crippen molar-refractivity contribution in [1.82, 2.24) is 5.32 Å². The molecule has 1 aliphatic heterocycles. The predicted octanol–water partition coefficient (Wildman–Crippen LogP) is 4.78. The highest BCUT2D eigenvalue weighted by atomic mass is 19.4. The van der Waals surface area contributed by atoms with Gasteiger partial charge in [0.05, 0.1) is 12.7 Å². The molecule has 3 aromatic rings. The smallest absolute Gasteiger partial charge is 0.416 e. The molecular formula is C20H14F3NO2. The fourth-order valence-corrected chi connectivity index (χ4v) is 3.35. The molecule has 1 heterocycles. The molecule has 132 valence electrons. The van der Waals surface area contributed by atoms with Crippen LogP contribution in [0.2, 0.25) is 0 Å². The number of methoxy groups -OCH3 is 1. The molecule has 0 aromatic heterocycles. The van der Waals surface area contributed by atoms with Gasteiger partial charge in [-0.1, -0.05) is 18.2 Å². The van der Waals surface area contributed by atoms with Crippen molar-refractivity contribution in [2.24, 2.45) is 0 Å². The highest BCUT2D eigenvalue weighted by Gasteiger charge is 2.30. The lowest BCUT2D eigenvalue weighted by Crippen LogP contribution is -2.12. The molecule has 0 bridgehead atoms. The van der Waals surface area contributed by atoms with E-state index in [0.717, 1.165) is 34.0 Å². The zero-order chi connectivity index (χ0) is 18.5. The molecule has 3 nitrogen and oxygen atoms in total. The molecule has 1 aliphatic rings. The number of carbonyl (C=O) groups is 1. The minimum absolute atomic E-state index is 0.175. The topological polar surface area (TPSA) is 38.3 Å². The average molecular weight is 357 g/mol. The third-order valence-electron chi connectivity index (χ3n) is 4.63. The number of fused-ring (bicyclic) bond motifs is 2. The van der Waals surface area contributed by atoms with Crippen molar-refractivity contribution in [2.75, 3.05) is 7.11 Å². The Balaban J connectivity index is 1.99. The molecule has 0 fully saturated rings. The summed E-state index contributed by atoms with van der Waals surface area (Å²) in [5.41, 5.74) is 2.02. The van der Waals surface area contributed by atoms with Crippen molar-refractivity contribution in [2.45, 2.75) is 12.7 Å². The first-order chi connectivity index (χ1) is 12.4. The first kappa shape index (κ1) is 16.4. The molecule has 0 radical (unpaired) electrons. The molecule has 26 heavy (non-hydrogen) atoms. The van der Waals surface area contributed by atoms with E-state index in [4.69, 9.17) is 4.74 Å². The van der Waals surface area contributed by atoms with Crippen molar-refractivity contribution in [3.63, 3.8) is 0 Å². The maximum atomic E-state index is 12.9. The van der Waals surface area contributed by atoms with Crippen molar-refractivity contribution in [1.29, 1.82) is 0 Å². The predicted molar refractivity (Wildman–Crippen MR) is 92.1 cm³/mol. The minimum Gasteiger partial charge on any atom is -0.497 e. The van der Waals surface area contributed by atoms with Gasteiger partial charge in [0.25, 0.3) is 5.91 Å². The van der Waals surface area contributed by atoms with Crippen LogP contribution in [0.25, 0.3) is 21.9 Å². The van der Waals surface area contributed by atoms with Gasteiger partial charge < -0.3 is 10.1 Å². The Morgan fingerprint density at radius 3 is 2.42 bits per heavy atom. The summed E-state index contributed by atoms with van der Waals surface area (Å²) >= 11 is 0. The molecule has 0 unspecified atom stereocenters. The zero-order valence-electron chi connectivity index (χ0n) is 13.8. The molecule has 0 saturated carbocycles. The van der Waals surface area contributed by atoms with Gasteiger partial charge in [-0.05, 0) is 57.8 Å². The lowest BCUT2D eigenvalue weighted by atomic mass is 9.90. The van der Waals surface area contributed by atoms with Crippen LogP contribution in [0, 0.1) is 0 Å². The monoisotopic (exact) mass is 357 g/mol. The van der Waals surface area contributed by atoms with E-state index >= 15 is 0 Å². The first-order valence-corrected chi connectivity index (χ1v) is 7.98. The van der Waals surface area contributed by atoms with Crippen molar-refractivity contribution in [3.05, 3.63) is 65.2 Å². The van der Waals surface area contributed by atoms with Crippen LogP contribution in [-0.4, -0.2) is 13.0 Å². The Kier molecular flexibility index (Phi) is 3.64.